The summed E-state index contributed by atoms with van der Waals surface area (Å²) in [5.74, 6) is -0.251. The van der Waals surface area contributed by atoms with Crippen LogP contribution in [-0.2, 0) is 9.47 Å². The Kier molecular flexibility index (Phi) is 7.23. The van der Waals surface area contributed by atoms with Gasteiger partial charge < -0.3 is 14.8 Å². The molecule has 0 aromatic heterocycles. The number of anilines is 1. The Bertz CT molecular complexity index is 374. The summed E-state index contributed by atoms with van der Waals surface area (Å²) in [7, 11) is 1.65. The zero-order chi connectivity index (χ0) is 13.4. The van der Waals surface area contributed by atoms with Crippen molar-refractivity contribution in [1.29, 1.82) is 0 Å². The normalized spacial score (nSPS) is 10.7. The Morgan fingerprint density at radius 3 is 2.78 bits per heavy atom. The highest BCUT2D eigenvalue weighted by atomic mass is 79.9. The van der Waals surface area contributed by atoms with E-state index < -0.39 is 0 Å². The van der Waals surface area contributed by atoms with Gasteiger partial charge in [-0.15, -0.1) is 0 Å². The minimum absolute atomic E-state index is 0.251. The predicted octanol–water partition coefficient (Wildman–Crippen LogP) is 3.36. The van der Waals surface area contributed by atoms with Crippen molar-refractivity contribution < 1.29 is 13.9 Å². The maximum absolute atomic E-state index is 13.3. The van der Waals surface area contributed by atoms with Crippen LogP contribution in [-0.4, -0.2) is 33.5 Å². The maximum atomic E-state index is 13.3. The molecule has 0 unspecified atom stereocenters. The van der Waals surface area contributed by atoms with Gasteiger partial charge in [0, 0.05) is 25.9 Å². The Hall–Kier alpha value is -0.650. The first-order chi connectivity index (χ1) is 8.65. The van der Waals surface area contributed by atoms with Gasteiger partial charge in [0.2, 0.25) is 0 Å². The van der Waals surface area contributed by atoms with E-state index in [0.717, 1.165) is 24.2 Å². The summed E-state index contributed by atoms with van der Waals surface area (Å²) in [6, 6.07) is 3.28. The number of halogens is 2. The van der Waals surface area contributed by atoms with Crippen LogP contribution in [0.4, 0.5) is 10.1 Å². The lowest BCUT2D eigenvalue weighted by molar-refractivity contribution is 0.0705. The molecular formula is C13H19BrFNO2. The molecule has 0 aliphatic heterocycles. The molecule has 0 saturated heterocycles. The first-order valence-electron chi connectivity index (χ1n) is 5.91. The van der Waals surface area contributed by atoms with Gasteiger partial charge >= 0.3 is 0 Å². The summed E-state index contributed by atoms with van der Waals surface area (Å²) in [6.45, 7) is 4.61. The van der Waals surface area contributed by atoms with Crippen LogP contribution < -0.4 is 5.32 Å². The molecule has 0 saturated carbocycles. The van der Waals surface area contributed by atoms with Gasteiger partial charge in [-0.1, -0.05) is 0 Å². The average molecular weight is 320 g/mol. The van der Waals surface area contributed by atoms with Gasteiger partial charge in [-0.3, -0.25) is 0 Å². The van der Waals surface area contributed by atoms with Gasteiger partial charge in [-0.2, -0.15) is 0 Å². The fraction of sp³-hybridized carbons (Fsp3) is 0.538. The molecule has 0 bridgehead atoms. The molecule has 5 heteroatoms. The Balaban J connectivity index is 2.25. The number of hydrogen-bond acceptors (Lipinski definition) is 3. The SMILES string of the molecule is COCCOCCCNc1cc(F)c(Br)cc1C. The van der Waals surface area contributed by atoms with Crippen LogP contribution >= 0.6 is 15.9 Å². The smallest absolute Gasteiger partial charge is 0.139 e. The Morgan fingerprint density at radius 1 is 1.28 bits per heavy atom. The van der Waals surface area contributed by atoms with Gasteiger partial charge in [0.1, 0.15) is 5.82 Å². The van der Waals surface area contributed by atoms with Crippen molar-refractivity contribution in [2.45, 2.75) is 13.3 Å². The summed E-state index contributed by atoms with van der Waals surface area (Å²) < 4.78 is 24.1. The van der Waals surface area contributed by atoms with Crippen LogP contribution in [0.2, 0.25) is 0 Å². The lowest BCUT2D eigenvalue weighted by atomic mass is 10.2. The molecule has 0 heterocycles. The molecule has 0 radical (unpaired) electrons. The van der Waals surface area contributed by atoms with E-state index in [9.17, 15) is 4.39 Å². The lowest BCUT2D eigenvalue weighted by Crippen LogP contribution is -2.09. The third-order valence-electron chi connectivity index (χ3n) is 2.48. The molecule has 0 spiro atoms. The number of benzene rings is 1. The van der Waals surface area contributed by atoms with Crippen LogP contribution in [0.1, 0.15) is 12.0 Å². The largest absolute Gasteiger partial charge is 0.385 e. The topological polar surface area (TPSA) is 30.5 Å². The van der Waals surface area contributed by atoms with E-state index in [1.807, 2.05) is 6.92 Å². The highest BCUT2D eigenvalue weighted by molar-refractivity contribution is 9.10. The van der Waals surface area contributed by atoms with E-state index in [1.54, 1.807) is 13.2 Å². The van der Waals surface area contributed by atoms with Crippen molar-refractivity contribution in [3.05, 3.63) is 28.0 Å². The zero-order valence-electron chi connectivity index (χ0n) is 10.8. The molecule has 0 amide bonds. The minimum Gasteiger partial charge on any atom is -0.385 e. The Labute approximate surface area is 116 Å². The van der Waals surface area contributed by atoms with Crippen molar-refractivity contribution in [3.63, 3.8) is 0 Å². The first kappa shape index (κ1) is 15.4. The van der Waals surface area contributed by atoms with Crippen LogP contribution in [0.25, 0.3) is 0 Å². The molecule has 0 aliphatic rings. The number of methoxy groups -OCH3 is 1. The molecule has 1 N–H and O–H groups in total. The molecule has 1 aromatic carbocycles. The van der Waals surface area contributed by atoms with E-state index >= 15 is 0 Å². The summed E-state index contributed by atoms with van der Waals surface area (Å²) >= 11 is 3.16. The van der Waals surface area contributed by atoms with E-state index in [0.29, 0.717) is 24.3 Å². The van der Waals surface area contributed by atoms with Gasteiger partial charge in [-0.25, -0.2) is 4.39 Å². The van der Waals surface area contributed by atoms with E-state index in [1.165, 1.54) is 6.07 Å². The fourth-order valence-corrected chi connectivity index (χ4v) is 1.94. The second-order valence-electron chi connectivity index (χ2n) is 3.97. The summed E-state index contributed by atoms with van der Waals surface area (Å²) in [5, 5.41) is 3.20. The predicted molar refractivity (Wildman–Crippen MR) is 74.6 cm³/mol. The highest BCUT2D eigenvalue weighted by Gasteiger charge is 2.04. The summed E-state index contributed by atoms with van der Waals surface area (Å²) in [5.41, 5.74) is 1.84. The van der Waals surface area contributed by atoms with E-state index in [4.69, 9.17) is 9.47 Å². The second-order valence-corrected chi connectivity index (χ2v) is 4.82. The standard InChI is InChI=1S/C13H19BrFNO2/c1-10-8-11(14)12(15)9-13(10)16-4-3-5-18-7-6-17-2/h8-9,16H,3-7H2,1-2H3. The minimum atomic E-state index is -0.251. The van der Waals surface area contributed by atoms with E-state index in [-0.39, 0.29) is 5.82 Å². The fourth-order valence-electron chi connectivity index (χ4n) is 1.48. The Morgan fingerprint density at radius 2 is 2.06 bits per heavy atom. The van der Waals surface area contributed by atoms with Crippen LogP contribution in [0.5, 0.6) is 0 Å². The van der Waals surface area contributed by atoms with Crippen molar-refractivity contribution >= 4 is 21.6 Å². The van der Waals surface area contributed by atoms with Crippen LogP contribution in [0.15, 0.2) is 16.6 Å². The van der Waals surface area contributed by atoms with Crippen LogP contribution in [0, 0.1) is 12.7 Å². The van der Waals surface area contributed by atoms with Crippen LogP contribution in [0.3, 0.4) is 0 Å². The molecule has 0 atom stereocenters. The molecular weight excluding hydrogens is 301 g/mol. The second kappa shape index (κ2) is 8.45. The molecule has 0 fully saturated rings. The molecule has 18 heavy (non-hydrogen) atoms. The van der Waals surface area contributed by atoms with Crippen molar-refractivity contribution in [2.24, 2.45) is 0 Å². The molecule has 0 aliphatic carbocycles. The van der Waals surface area contributed by atoms with Crippen molar-refractivity contribution in [2.75, 3.05) is 38.8 Å². The molecule has 3 nitrogen and oxygen atoms in total. The van der Waals surface area contributed by atoms with Crippen molar-refractivity contribution in [3.8, 4) is 0 Å². The number of aryl methyl sites for hydroxylation is 1. The molecule has 1 rings (SSSR count). The molecule has 102 valence electrons. The highest BCUT2D eigenvalue weighted by Crippen LogP contribution is 2.23. The number of rotatable bonds is 8. The lowest BCUT2D eigenvalue weighted by Gasteiger charge is -2.10. The van der Waals surface area contributed by atoms with E-state index in [2.05, 4.69) is 21.2 Å². The first-order valence-corrected chi connectivity index (χ1v) is 6.70. The van der Waals surface area contributed by atoms with Crippen molar-refractivity contribution in [1.82, 2.24) is 0 Å². The van der Waals surface area contributed by atoms with Gasteiger partial charge in [-0.05, 0) is 47.0 Å². The monoisotopic (exact) mass is 319 g/mol. The summed E-state index contributed by atoms with van der Waals surface area (Å²) in [6.07, 6.45) is 0.876. The third-order valence-corrected chi connectivity index (χ3v) is 3.09. The van der Waals surface area contributed by atoms with Gasteiger partial charge in [0.15, 0.2) is 0 Å². The maximum Gasteiger partial charge on any atom is 0.139 e. The number of hydrogen-bond donors (Lipinski definition) is 1. The zero-order valence-corrected chi connectivity index (χ0v) is 12.3. The number of ether oxygens (including phenoxy) is 2. The third kappa shape index (κ3) is 5.33. The average Bonchev–Trinajstić information content (AvgIpc) is 2.34. The number of nitrogens with one attached hydrogen (secondary N) is 1. The molecule has 1 aromatic rings. The van der Waals surface area contributed by atoms with Gasteiger partial charge in [0.25, 0.3) is 0 Å². The quantitative estimate of drug-likeness (QED) is 0.745. The van der Waals surface area contributed by atoms with Gasteiger partial charge in [0.05, 0.1) is 17.7 Å². The summed E-state index contributed by atoms with van der Waals surface area (Å²) in [4.78, 5) is 0.